The number of aliphatic hydroxyl groups is 1. The summed E-state index contributed by atoms with van der Waals surface area (Å²) >= 11 is 0. The maximum atomic E-state index is 12.4. The summed E-state index contributed by atoms with van der Waals surface area (Å²) in [6, 6.07) is 11.2. The number of hydrogen-bond acceptors (Lipinski definition) is 6. The summed E-state index contributed by atoms with van der Waals surface area (Å²) in [5.41, 5.74) is 7.79. The number of carbonyl (C=O) groups is 1. The quantitative estimate of drug-likeness (QED) is 0.516. The Morgan fingerprint density at radius 2 is 2.13 bits per heavy atom. The maximum Gasteiger partial charge on any atom is 0.267 e. The largest absolute Gasteiger partial charge is 0.382 e. The van der Waals surface area contributed by atoms with Gasteiger partial charge in [-0.3, -0.25) is 4.79 Å². The van der Waals surface area contributed by atoms with Gasteiger partial charge in [0.15, 0.2) is 5.82 Å². The second kappa shape index (κ2) is 7.58. The van der Waals surface area contributed by atoms with Crippen molar-refractivity contribution in [1.29, 1.82) is 0 Å². The molecule has 1 aliphatic rings. The number of aryl methyl sites for hydroxylation is 1. The van der Waals surface area contributed by atoms with Gasteiger partial charge in [-0.05, 0) is 31.2 Å². The van der Waals surface area contributed by atoms with Gasteiger partial charge in [0, 0.05) is 30.6 Å². The van der Waals surface area contributed by atoms with Gasteiger partial charge in [-0.25, -0.2) is 15.0 Å². The smallest absolute Gasteiger partial charge is 0.267 e. The van der Waals surface area contributed by atoms with E-state index < -0.39 is 5.60 Å². The molecule has 1 saturated heterocycles. The number of nitrogens with two attached hydrogens (primary N) is 1. The molecule has 0 bridgehead atoms. The average molecular weight is 399 g/mol. The summed E-state index contributed by atoms with van der Waals surface area (Å²) in [4.78, 5) is 27.1. The number of hydrogen-bond donors (Lipinski definition) is 2. The summed E-state index contributed by atoms with van der Waals surface area (Å²) in [6.45, 7) is 6.28. The summed E-state index contributed by atoms with van der Waals surface area (Å²) in [5, 5.41) is 10.6. The molecule has 7 heteroatoms. The Hall–Kier alpha value is -3.76. The molecule has 3 N–H and O–H groups in total. The fourth-order valence-electron chi connectivity index (χ4n) is 3.46. The lowest BCUT2D eigenvalue weighted by molar-refractivity contribution is -0.138. The zero-order valence-electron chi connectivity index (χ0n) is 16.6. The first kappa shape index (κ1) is 19.6. The number of anilines is 1. The van der Waals surface area contributed by atoms with Crippen LogP contribution in [0.4, 0.5) is 5.82 Å². The van der Waals surface area contributed by atoms with Gasteiger partial charge in [-0.2, -0.15) is 0 Å². The van der Waals surface area contributed by atoms with E-state index in [1.165, 1.54) is 0 Å². The highest BCUT2D eigenvalue weighted by Crippen LogP contribution is 2.25. The van der Waals surface area contributed by atoms with Crippen molar-refractivity contribution in [2.45, 2.75) is 18.9 Å². The van der Waals surface area contributed by atoms with Crippen molar-refractivity contribution in [1.82, 2.24) is 19.9 Å². The van der Waals surface area contributed by atoms with Crippen molar-refractivity contribution in [3.63, 3.8) is 0 Å². The molecule has 1 aromatic carbocycles. The predicted molar refractivity (Wildman–Crippen MR) is 115 cm³/mol. The Morgan fingerprint density at radius 3 is 2.93 bits per heavy atom. The topological polar surface area (TPSA) is 105 Å². The summed E-state index contributed by atoms with van der Waals surface area (Å²) < 4.78 is 0. The molecule has 3 heterocycles. The molecule has 0 saturated carbocycles. The Balaban J connectivity index is 1.65. The molecule has 150 valence electrons. The molecular weight excluding hydrogens is 378 g/mol. The number of pyridine rings is 1. The fourth-order valence-corrected chi connectivity index (χ4v) is 3.46. The van der Waals surface area contributed by atoms with Crippen LogP contribution in [0.25, 0.3) is 22.3 Å². The lowest BCUT2D eigenvalue weighted by Gasteiger charge is -2.16. The third-order valence-electron chi connectivity index (χ3n) is 4.99. The number of nitrogen functional groups attached to an aromatic ring is 1. The fraction of sp³-hybridized carbons (Fsp3) is 0.217. The number of likely N-dealkylation sites (tertiary alicyclic amines) is 1. The van der Waals surface area contributed by atoms with E-state index in [4.69, 9.17) is 5.73 Å². The zero-order valence-corrected chi connectivity index (χ0v) is 16.6. The van der Waals surface area contributed by atoms with Crippen molar-refractivity contribution < 1.29 is 9.90 Å². The lowest BCUT2D eigenvalue weighted by Crippen LogP contribution is -2.38. The summed E-state index contributed by atoms with van der Waals surface area (Å²) in [5.74, 6) is 6.24. The summed E-state index contributed by atoms with van der Waals surface area (Å²) in [6.07, 6.45) is 1.91. The van der Waals surface area contributed by atoms with E-state index in [9.17, 15) is 9.90 Å². The first-order chi connectivity index (χ1) is 14.4. The van der Waals surface area contributed by atoms with Gasteiger partial charge >= 0.3 is 0 Å². The molecule has 1 fully saturated rings. The Kier molecular flexibility index (Phi) is 4.94. The average Bonchev–Trinajstić information content (AvgIpc) is 3.01. The second-order valence-corrected chi connectivity index (χ2v) is 7.20. The van der Waals surface area contributed by atoms with E-state index >= 15 is 0 Å². The van der Waals surface area contributed by atoms with Gasteiger partial charge in [0.2, 0.25) is 5.60 Å². The highest BCUT2D eigenvalue weighted by molar-refractivity contribution is 5.91. The number of rotatable bonds is 3. The highest BCUT2D eigenvalue weighted by Gasteiger charge is 2.43. The van der Waals surface area contributed by atoms with E-state index in [0.717, 1.165) is 5.56 Å². The van der Waals surface area contributed by atoms with E-state index in [1.54, 1.807) is 17.9 Å². The molecular formula is C23H21N5O2. The number of nitrogens with zero attached hydrogens (tertiary/aromatic N) is 4. The highest BCUT2D eigenvalue weighted by atomic mass is 16.3. The van der Waals surface area contributed by atoms with Crippen LogP contribution in [-0.2, 0) is 4.79 Å². The molecule has 4 rings (SSSR count). The standard InChI is InChI=1S/C23H21N5O2/c1-3-12-28-13-11-23(30,22(28)29)10-9-16-5-4-6-17(14-16)18-7-8-19-20(27-18)21(24)26-15(2)25-19/h3-8,14,30H,1,11-13H2,2H3,(H2,24,25,26). The Bertz CT molecular complexity index is 1230. The van der Waals surface area contributed by atoms with E-state index in [0.29, 0.717) is 47.0 Å². The van der Waals surface area contributed by atoms with E-state index in [-0.39, 0.29) is 12.3 Å². The lowest BCUT2D eigenvalue weighted by atomic mass is 10.0. The molecule has 3 aromatic rings. The SMILES string of the molecule is C=CCN1CCC(O)(C#Cc2cccc(-c3ccc4nc(C)nc(N)c4n3)c2)C1=O. The number of fused-ring (bicyclic) bond motifs is 1. The van der Waals surface area contributed by atoms with Crippen LogP contribution in [0, 0.1) is 18.8 Å². The molecule has 1 unspecified atom stereocenters. The van der Waals surface area contributed by atoms with Gasteiger partial charge in [0.25, 0.3) is 5.91 Å². The van der Waals surface area contributed by atoms with Gasteiger partial charge in [-0.1, -0.05) is 30.0 Å². The van der Waals surface area contributed by atoms with E-state index in [2.05, 4.69) is 33.4 Å². The predicted octanol–water partition coefficient (Wildman–Crippen LogP) is 2.08. The first-order valence-electron chi connectivity index (χ1n) is 9.57. The van der Waals surface area contributed by atoms with Crippen molar-refractivity contribution in [2.24, 2.45) is 0 Å². The molecule has 7 nitrogen and oxygen atoms in total. The Labute approximate surface area is 174 Å². The van der Waals surface area contributed by atoms with Crippen LogP contribution >= 0.6 is 0 Å². The van der Waals surface area contributed by atoms with Crippen LogP contribution in [0.5, 0.6) is 0 Å². The number of amides is 1. The molecule has 1 amide bonds. The molecule has 1 atom stereocenters. The third kappa shape index (κ3) is 3.61. The van der Waals surface area contributed by atoms with Crippen molar-refractivity contribution in [3.8, 4) is 23.1 Å². The molecule has 30 heavy (non-hydrogen) atoms. The van der Waals surface area contributed by atoms with Crippen molar-refractivity contribution in [2.75, 3.05) is 18.8 Å². The number of benzene rings is 1. The van der Waals surface area contributed by atoms with Crippen LogP contribution in [0.2, 0.25) is 0 Å². The van der Waals surface area contributed by atoms with Crippen LogP contribution in [-0.4, -0.2) is 49.6 Å². The van der Waals surface area contributed by atoms with Gasteiger partial charge in [0.05, 0.1) is 11.2 Å². The minimum absolute atomic E-state index is 0.275. The monoisotopic (exact) mass is 399 g/mol. The van der Waals surface area contributed by atoms with Crippen molar-refractivity contribution in [3.05, 3.63) is 60.4 Å². The summed E-state index contributed by atoms with van der Waals surface area (Å²) in [7, 11) is 0. The molecule has 2 aromatic heterocycles. The van der Waals surface area contributed by atoms with Crippen LogP contribution in [0.3, 0.4) is 0 Å². The molecule has 0 aliphatic carbocycles. The molecule has 1 aliphatic heterocycles. The minimum Gasteiger partial charge on any atom is -0.382 e. The van der Waals surface area contributed by atoms with Crippen LogP contribution in [0.15, 0.2) is 49.1 Å². The number of aromatic nitrogens is 3. The van der Waals surface area contributed by atoms with Gasteiger partial charge < -0.3 is 15.7 Å². The normalized spacial score (nSPS) is 18.3. The second-order valence-electron chi connectivity index (χ2n) is 7.20. The van der Waals surface area contributed by atoms with Gasteiger partial charge in [0.1, 0.15) is 11.3 Å². The van der Waals surface area contributed by atoms with E-state index in [1.807, 2.05) is 36.4 Å². The minimum atomic E-state index is -1.66. The first-order valence-corrected chi connectivity index (χ1v) is 9.57. The maximum absolute atomic E-state index is 12.4. The third-order valence-corrected chi connectivity index (χ3v) is 4.99. The van der Waals surface area contributed by atoms with Crippen LogP contribution in [0.1, 0.15) is 17.8 Å². The molecule has 0 radical (unpaired) electrons. The zero-order chi connectivity index (χ0) is 21.3. The van der Waals surface area contributed by atoms with Crippen LogP contribution < -0.4 is 5.73 Å². The molecule has 0 spiro atoms. The van der Waals surface area contributed by atoms with Gasteiger partial charge in [-0.15, -0.1) is 6.58 Å². The Morgan fingerprint density at radius 1 is 1.30 bits per heavy atom. The van der Waals surface area contributed by atoms with Crippen molar-refractivity contribution >= 4 is 22.8 Å². The number of carbonyl (C=O) groups excluding carboxylic acids is 1.